The molecule has 1 aliphatic heterocycles. The normalized spacial score (nSPS) is 22.3. The number of anilines is 1. The molecule has 1 N–H and O–H groups in total. The van der Waals surface area contributed by atoms with Gasteiger partial charge in [0.1, 0.15) is 23.6 Å². The van der Waals surface area contributed by atoms with Crippen molar-refractivity contribution < 1.29 is 14.2 Å². The number of rotatable bonds is 8. The number of hydrogen-bond acceptors (Lipinski definition) is 4. The van der Waals surface area contributed by atoms with Crippen molar-refractivity contribution >= 4 is 5.69 Å². The van der Waals surface area contributed by atoms with E-state index in [1.807, 2.05) is 0 Å². The van der Waals surface area contributed by atoms with Gasteiger partial charge in [-0.05, 0) is 60.9 Å². The van der Waals surface area contributed by atoms with E-state index < -0.39 is 5.60 Å². The van der Waals surface area contributed by atoms with Crippen LogP contribution in [0.3, 0.4) is 0 Å². The highest BCUT2D eigenvalue weighted by Crippen LogP contribution is 2.44. The Morgan fingerprint density at radius 2 is 1.71 bits per heavy atom. The molecule has 1 saturated carbocycles. The molecule has 0 spiro atoms. The first-order valence-electron chi connectivity index (χ1n) is 13.5. The molecule has 0 aromatic heterocycles. The fourth-order valence-electron chi connectivity index (χ4n) is 5.59. The molecule has 1 heterocycles. The van der Waals surface area contributed by atoms with Gasteiger partial charge in [-0.1, -0.05) is 77.1 Å². The maximum atomic E-state index is 6.58. The van der Waals surface area contributed by atoms with E-state index in [1.165, 1.54) is 43.2 Å². The minimum atomic E-state index is -0.457. The third-order valence-corrected chi connectivity index (χ3v) is 7.77. The molecule has 2 aliphatic rings. The highest BCUT2D eigenvalue weighted by Gasteiger charge is 2.45. The molecule has 192 valence electrons. The van der Waals surface area contributed by atoms with Crippen LogP contribution >= 0.6 is 0 Å². The predicted molar refractivity (Wildman–Crippen MR) is 144 cm³/mol. The quantitative estimate of drug-likeness (QED) is 0.419. The molecule has 1 aliphatic carbocycles. The zero-order valence-electron chi connectivity index (χ0n) is 22.7. The number of nitrogens with one attached hydrogen (secondary N) is 1. The van der Waals surface area contributed by atoms with E-state index in [1.54, 1.807) is 7.11 Å². The van der Waals surface area contributed by atoms with Crippen molar-refractivity contribution in [1.29, 1.82) is 0 Å². The van der Waals surface area contributed by atoms with Crippen LogP contribution < -0.4 is 10.1 Å². The number of benzene rings is 2. The second kappa shape index (κ2) is 10.9. The molecule has 0 saturated heterocycles. The highest BCUT2D eigenvalue weighted by molar-refractivity contribution is 5.54. The summed E-state index contributed by atoms with van der Waals surface area (Å²) in [7, 11) is 1.77. The van der Waals surface area contributed by atoms with Gasteiger partial charge in [0.15, 0.2) is 0 Å². The summed E-state index contributed by atoms with van der Waals surface area (Å²) in [5.41, 5.74) is 4.48. The zero-order valence-corrected chi connectivity index (χ0v) is 22.7. The number of ether oxygens (including phenoxy) is 3. The summed E-state index contributed by atoms with van der Waals surface area (Å²) in [4.78, 5) is 0. The molecule has 2 unspecified atom stereocenters. The Morgan fingerprint density at radius 1 is 1.00 bits per heavy atom. The van der Waals surface area contributed by atoms with Crippen LogP contribution in [0.4, 0.5) is 5.69 Å². The van der Waals surface area contributed by atoms with Gasteiger partial charge in [0.05, 0.1) is 0 Å². The summed E-state index contributed by atoms with van der Waals surface area (Å²) in [6.45, 7) is 12.5. The average molecular weight is 480 g/mol. The van der Waals surface area contributed by atoms with Crippen LogP contribution in [0.1, 0.15) is 95.9 Å². The van der Waals surface area contributed by atoms with Crippen LogP contribution in [-0.4, -0.2) is 25.4 Å². The van der Waals surface area contributed by atoms with Gasteiger partial charge in [-0.2, -0.15) is 0 Å². The molecule has 0 radical (unpaired) electrons. The van der Waals surface area contributed by atoms with Gasteiger partial charge in [0.25, 0.3) is 0 Å². The van der Waals surface area contributed by atoms with E-state index in [0.29, 0.717) is 0 Å². The van der Waals surface area contributed by atoms with E-state index in [0.717, 1.165) is 42.5 Å². The Labute approximate surface area is 212 Å². The van der Waals surface area contributed by atoms with E-state index in [-0.39, 0.29) is 17.6 Å². The smallest absolute Gasteiger partial charge is 0.132 e. The third-order valence-electron chi connectivity index (χ3n) is 7.77. The molecule has 2 aromatic rings. The van der Waals surface area contributed by atoms with E-state index >= 15 is 0 Å². The second-order valence-electron chi connectivity index (χ2n) is 12.0. The first-order valence-corrected chi connectivity index (χ1v) is 13.5. The van der Waals surface area contributed by atoms with E-state index in [9.17, 15) is 0 Å². The van der Waals surface area contributed by atoms with Gasteiger partial charge in [-0.3, -0.25) is 0 Å². The summed E-state index contributed by atoms with van der Waals surface area (Å²) < 4.78 is 18.9. The van der Waals surface area contributed by atoms with Crippen LogP contribution in [0.2, 0.25) is 0 Å². The molecular formula is C31H45NO3. The Balaban J connectivity index is 1.47. The van der Waals surface area contributed by atoms with Crippen molar-refractivity contribution in [3.05, 3.63) is 59.2 Å². The van der Waals surface area contributed by atoms with Crippen molar-refractivity contribution in [2.24, 2.45) is 5.92 Å². The molecule has 0 amide bonds. The van der Waals surface area contributed by atoms with E-state index in [4.69, 9.17) is 14.2 Å². The van der Waals surface area contributed by atoms with Crippen LogP contribution in [-0.2, 0) is 21.4 Å². The molecule has 1 fully saturated rings. The highest BCUT2D eigenvalue weighted by atomic mass is 16.6. The Bertz CT molecular complexity index is 954. The van der Waals surface area contributed by atoms with Crippen molar-refractivity contribution in [3.8, 4) is 5.75 Å². The van der Waals surface area contributed by atoms with Crippen LogP contribution in [0.5, 0.6) is 5.75 Å². The molecule has 4 nitrogen and oxygen atoms in total. The van der Waals surface area contributed by atoms with Gasteiger partial charge >= 0.3 is 0 Å². The van der Waals surface area contributed by atoms with Crippen molar-refractivity contribution in [2.75, 3.05) is 19.0 Å². The average Bonchev–Trinajstić information content (AvgIpc) is 2.82. The first-order chi connectivity index (χ1) is 16.7. The lowest BCUT2D eigenvalue weighted by atomic mass is 9.86. The maximum Gasteiger partial charge on any atom is 0.132 e. The van der Waals surface area contributed by atoms with Crippen LogP contribution in [0, 0.1) is 5.92 Å². The SMILES string of the molecule is COC1C(OCCC2CCCCC2)c2cc(NCc3ccc(C(C)(C)C)cc3)ccc2OC1(C)C. The first kappa shape index (κ1) is 26.0. The van der Waals surface area contributed by atoms with E-state index in [2.05, 4.69) is 82.4 Å². The molecular weight excluding hydrogens is 434 g/mol. The summed E-state index contributed by atoms with van der Waals surface area (Å²) >= 11 is 0. The largest absolute Gasteiger partial charge is 0.485 e. The van der Waals surface area contributed by atoms with Crippen molar-refractivity contribution in [3.63, 3.8) is 0 Å². The predicted octanol–water partition coefficient (Wildman–Crippen LogP) is 7.81. The summed E-state index contributed by atoms with van der Waals surface area (Å²) in [6.07, 6.45) is 7.64. The van der Waals surface area contributed by atoms with Crippen molar-refractivity contribution in [2.45, 2.75) is 103 Å². The Kier molecular flexibility index (Phi) is 8.12. The molecule has 2 atom stereocenters. The molecule has 2 aromatic carbocycles. The van der Waals surface area contributed by atoms with Gasteiger partial charge < -0.3 is 19.5 Å². The van der Waals surface area contributed by atoms with Gasteiger partial charge in [-0.15, -0.1) is 0 Å². The monoisotopic (exact) mass is 479 g/mol. The Hall–Kier alpha value is -2.04. The molecule has 4 heteroatoms. The standard InChI is InChI=1S/C31H45NO3/c1-30(2,3)24-14-12-23(13-15-24)21-32-25-16-17-27-26(20-25)28(29(33-6)31(4,5)35-27)34-19-18-22-10-8-7-9-11-22/h12-17,20,22,28-29,32H,7-11,18-19,21H2,1-6H3. The zero-order chi connectivity index (χ0) is 25.1. The molecule has 4 rings (SSSR count). The van der Waals surface area contributed by atoms with Crippen molar-refractivity contribution in [1.82, 2.24) is 0 Å². The second-order valence-corrected chi connectivity index (χ2v) is 12.0. The minimum absolute atomic E-state index is 0.143. The third kappa shape index (κ3) is 6.40. The minimum Gasteiger partial charge on any atom is -0.485 e. The molecule has 35 heavy (non-hydrogen) atoms. The lowest BCUT2D eigenvalue weighted by molar-refractivity contribution is -0.151. The summed E-state index contributed by atoms with van der Waals surface area (Å²) in [6, 6.07) is 15.3. The van der Waals surface area contributed by atoms with Gasteiger partial charge in [-0.25, -0.2) is 0 Å². The van der Waals surface area contributed by atoms with Crippen LogP contribution in [0.15, 0.2) is 42.5 Å². The van der Waals surface area contributed by atoms with Crippen LogP contribution in [0.25, 0.3) is 0 Å². The molecule has 0 bridgehead atoms. The number of fused-ring (bicyclic) bond motifs is 1. The Morgan fingerprint density at radius 3 is 2.37 bits per heavy atom. The van der Waals surface area contributed by atoms with Gasteiger partial charge in [0, 0.05) is 31.5 Å². The lowest BCUT2D eigenvalue weighted by Gasteiger charge is -2.44. The fourth-order valence-corrected chi connectivity index (χ4v) is 5.59. The number of hydrogen-bond donors (Lipinski definition) is 1. The summed E-state index contributed by atoms with van der Waals surface area (Å²) in [5.74, 6) is 1.70. The topological polar surface area (TPSA) is 39.7 Å². The lowest BCUT2D eigenvalue weighted by Crippen LogP contribution is -2.50. The summed E-state index contributed by atoms with van der Waals surface area (Å²) in [5, 5.41) is 3.60. The van der Waals surface area contributed by atoms with Gasteiger partial charge in [0.2, 0.25) is 0 Å². The fraction of sp³-hybridized carbons (Fsp3) is 0.613. The maximum absolute atomic E-state index is 6.58. The number of methoxy groups -OCH3 is 1.